The molecule has 3 amide bonds. The summed E-state index contributed by atoms with van der Waals surface area (Å²) in [5, 5.41) is 12.9. The number of aliphatic hydroxyl groups is 1. The summed E-state index contributed by atoms with van der Waals surface area (Å²) in [7, 11) is 0. The Morgan fingerprint density at radius 1 is 1.14 bits per heavy atom. The van der Waals surface area contributed by atoms with Gasteiger partial charge in [0.1, 0.15) is 5.82 Å². The maximum absolute atomic E-state index is 14.7. The molecule has 0 unspecified atom stereocenters. The van der Waals surface area contributed by atoms with Crippen molar-refractivity contribution in [3.05, 3.63) is 58.4 Å². The Morgan fingerprint density at radius 3 is 2.34 bits per heavy atom. The summed E-state index contributed by atoms with van der Waals surface area (Å²) in [5.74, 6) is -2.10. The summed E-state index contributed by atoms with van der Waals surface area (Å²) in [6, 6.07) is 7.20. The van der Waals surface area contributed by atoms with Crippen LogP contribution >= 0.6 is 0 Å². The average molecular weight is 484 g/mol. The van der Waals surface area contributed by atoms with E-state index < -0.39 is 17.8 Å². The first-order valence-electron chi connectivity index (χ1n) is 11.8. The Kier molecular flexibility index (Phi) is 7.65. The summed E-state index contributed by atoms with van der Waals surface area (Å²) < 4.78 is 14.7. The fourth-order valence-corrected chi connectivity index (χ4v) is 3.87. The molecule has 0 bridgehead atoms. The van der Waals surface area contributed by atoms with Crippen molar-refractivity contribution in [2.45, 2.75) is 59.6 Å². The van der Waals surface area contributed by atoms with Crippen LogP contribution in [0.3, 0.4) is 0 Å². The first-order chi connectivity index (χ1) is 16.3. The van der Waals surface area contributed by atoms with Gasteiger partial charge in [0.2, 0.25) is 5.91 Å². The fraction of sp³-hybridized carbons (Fsp3) is 0.444. The summed E-state index contributed by atoms with van der Waals surface area (Å²) in [4.78, 5) is 40.0. The highest BCUT2D eigenvalue weighted by Crippen LogP contribution is 2.34. The SMILES string of the molecule is Cc1c(F)cc(C(N)=O)cc1-c1ccc(C(=O)NCC(C)(C)C)cc1C(=O)N(C[C@H](C)O)C1CC1. The molecule has 1 aliphatic rings. The molecule has 0 saturated heterocycles. The molecule has 0 spiro atoms. The van der Waals surface area contributed by atoms with Gasteiger partial charge in [-0.2, -0.15) is 0 Å². The Bertz CT molecular complexity index is 1150. The van der Waals surface area contributed by atoms with Gasteiger partial charge in [-0.05, 0) is 73.1 Å². The zero-order valence-electron chi connectivity index (χ0n) is 20.9. The first kappa shape index (κ1) is 26.3. The van der Waals surface area contributed by atoms with Crippen molar-refractivity contribution in [3.8, 4) is 11.1 Å². The van der Waals surface area contributed by atoms with Gasteiger partial charge in [0.05, 0.1) is 6.10 Å². The number of carbonyl (C=O) groups is 3. The summed E-state index contributed by atoms with van der Waals surface area (Å²) >= 11 is 0. The maximum atomic E-state index is 14.7. The minimum atomic E-state index is -0.787. The van der Waals surface area contributed by atoms with Crippen LogP contribution in [0.2, 0.25) is 0 Å². The predicted octanol–water partition coefficient (Wildman–Crippen LogP) is 3.66. The molecular formula is C27H34FN3O4. The van der Waals surface area contributed by atoms with Gasteiger partial charge in [-0.15, -0.1) is 0 Å². The zero-order chi connectivity index (χ0) is 26.1. The van der Waals surface area contributed by atoms with E-state index in [1.807, 2.05) is 20.8 Å². The Morgan fingerprint density at radius 2 is 1.80 bits per heavy atom. The lowest BCUT2D eigenvalue weighted by molar-refractivity contribution is 0.0631. The van der Waals surface area contributed by atoms with Crippen molar-refractivity contribution < 1.29 is 23.9 Å². The third-order valence-corrected chi connectivity index (χ3v) is 5.92. The highest BCUT2D eigenvalue weighted by molar-refractivity contribution is 6.05. The normalized spacial score (nSPS) is 14.4. The van der Waals surface area contributed by atoms with Gasteiger partial charge < -0.3 is 21.1 Å². The predicted molar refractivity (Wildman–Crippen MR) is 133 cm³/mol. The molecule has 2 aromatic carbocycles. The molecule has 1 fully saturated rings. The maximum Gasteiger partial charge on any atom is 0.254 e. The molecule has 8 heteroatoms. The molecule has 1 aliphatic carbocycles. The second-order valence-electron chi connectivity index (χ2n) is 10.5. The van der Waals surface area contributed by atoms with E-state index in [0.717, 1.165) is 18.9 Å². The molecule has 1 saturated carbocycles. The number of amides is 3. The average Bonchev–Trinajstić information content (AvgIpc) is 3.61. The number of hydrogen-bond acceptors (Lipinski definition) is 4. The Labute approximate surface area is 205 Å². The largest absolute Gasteiger partial charge is 0.392 e. The van der Waals surface area contributed by atoms with Crippen LogP contribution in [0.4, 0.5) is 4.39 Å². The van der Waals surface area contributed by atoms with Crippen LogP contribution in [0.5, 0.6) is 0 Å². The summed E-state index contributed by atoms with van der Waals surface area (Å²) in [5.41, 5.74) is 6.73. The van der Waals surface area contributed by atoms with E-state index in [1.54, 1.807) is 30.9 Å². The van der Waals surface area contributed by atoms with E-state index in [0.29, 0.717) is 23.2 Å². The standard InChI is InChI=1S/C27H34FN3O4/c1-15(32)13-31(19-7-8-19)26(35)22-10-17(25(34)30-14-27(3,4)5)6-9-20(22)21-11-18(24(29)33)12-23(28)16(21)2/h6,9-12,15,19,32H,7-8,13-14H2,1-5H3,(H2,29,33)(H,30,34)/t15-/m0/s1. The fourth-order valence-electron chi connectivity index (χ4n) is 3.87. The van der Waals surface area contributed by atoms with Gasteiger partial charge in [-0.3, -0.25) is 14.4 Å². The van der Waals surface area contributed by atoms with Crippen LogP contribution in [0.25, 0.3) is 11.1 Å². The van der Waals surface area contributed by atoms with Crippen LogP contribution in [0.1, 0.15) is 77.2 Å². The van der Waals surface area contributed by atoms with Crippen molar-refractivity contribution in [3.63, 3.8) is 0 Å². The van der Waals surface area contributed by atoms with E-state index in [2.05, 4.69) is 5.32 Å². The first-order valence-corrected chi connectivity index (χ1v) is 11.8. The van der Waals surface area contributed by atoms with E-state index in [4.69, 9.17) is 5.73 Å². The van der Waals surface area contributed by atoms with Crippen molar-refractivity contribution in [2.24, 2.45) is 11.1 Å². The number of halogens is 1. The number of nitrogens with two attached hydrogens (primary N) is 1. The van der Waals surface area contributed by atoms with Gasteiger partial charge in [0.15, 0.2) is 0 Å². The second kappa shape index (κ2) is 10.2. The van der Waals surface area contributed by atoms with Gasteiger partial charge >= 0.3 is 0 Å². The molecule has 0 aliphatic heterocycles. The third-order valence-electron chi connectivity index (χ3n) is 5.92. The molecule has 0 radical (unpaired) electrons. The van der Waals surface area contributed by atoms with Crippen molar-refractivity contribution in [1.82, 2.24) is 10.2 Å². The molecule has 7 nitrogen and oxygen atoms in total. The van der Waals surface area contributed by atoms with Gasteiger partial charge in [0.25, 0.3) is 11.8 Å². The molecule has 0 aromatic heterocycles. The number of carbonyl (C=O) groups excluding carboxylic acids is 3. The monoisotopic (exact) mass is 483 g/mol. The number of nitrogens with zero attached hydrogens (tertiary/aromatic N) is 1. The number of rotatable bonds is 8. The molecule has 2 aromatic rings. The van der Waals surface area contributed by atoms with Gasteiger partial charge in [-0.1, -0.05) is 26.8 Å². The quantitative estimate of drug-likeness (QED) is 0.532. The van der Waals surface area contributed by atoms with Crippen molar-refractivity contribution in [2.75, 3.05) is 13.1 Å². The number of primary amides is 1. The minimum absolute atomic E-state index is 0.00175. The third kappa shape index (κ3) is 6.45. The lowest BCUT2D eigenvalue weighted by Crippen LogP contribution is -2.38. The van der Waals surface area contributed by atoms with E-state index in [9.17, 15) is 23.9 Å². The highest BCUT2D eigenvalue weighted by atomic mass is 19.1. The lowest BCUT2D eigenvalue weighted by atomic mass is 9.91. The highest BCUT2D eigenvalue weighted by Gasteiger charge is 2.35. The second-order valence-corrected chi connectivity index (χ2v) is 10.5. The molecule has 0 heterocycles. The summed E-state index contributed by atoms with van der Waals surface area (Å²) in [6.45, 7) is 9.74. The van der Waals surface area contributed by atoms with Crippen LogP contribution < -0.4 is 11.1 Å². The topological polar surface area (TPSA) is 113 Å². The van der Waals surface area contributed by atoms with Crippen LogP contribution in [0.15, 0.2) is 30.3 Å². The number of nitrogens with one attached hydrogen (secondary N) is 1. The lowest BCUT2D eigenvalue weighted by Gasteiger charge is -2.26. The molecule has 4 N–H and O–H groups in total. The van der Waals surface area contributed by atoms with Crippen molar-refractivity contribution >= 4 is 17.7 Å². The smallest absolute Gasteiger partial charge is 0.254 e. The van der Waals surface area contributed by atoms with Crippen LogP contribution in [-0.2, 0) is 0 Å². The molecule has 35 heavy (non-hydrogen) atoms. The molecule has 1 atom stereocenters. The van der Waals surface area contributed by atoms with E-state index in [-0.39, 0.29) is 46.5 Å². The van der Waals surface area contributed by atoms with Crippen molar-refractivity contribution in [1.29, 1.82) is 0 Å². The van der Waals surface area contributed by atoms with Crippen LogP contribution in [-0.4, -0.2) is 53.0 Å². The van der Waals surface area contributed by atoms with Gasteiger partial charge in [0, 0.05) is 35.8 Å². The van der Waals surface area contributed by atoms with E-state index >= 15 is 0 Å². The number of aliphatic hydroxyl groups excluding tert-OH is 1. The molecular weight excluding hydrogens is 449 g/mol. The van der Waals surface area contributed by atoms with Gasteiger partial charge in [-0.25, -0.2) is 4.39 Å². The van der Waals surface area contributed by atoms with Crippen LogP contribution in [0, 0.1) is 18.2 Å². The number of hydrogen-bond donors (Lipinski definition) is 3. The molecule has 188 valence electrons. The minimum Gasteiger partial charge on any atom is -0.392 e. The van der Waals surface area contributed by atoms with E-state index in [1.165, 1.54) is 12.1 Å². The number of benzene rings is 2. The zero-order valence-corrected chi connectivity index (χ0v) is 20.9. The Hall–Kier alpha value is -3.26. The molecule has 3 rings (SSSR count). The Balaban J connectivity index is 2.14. The summed E-state index contributed by atoms with van der Waals surface area (Å²) in [6.07, 6.45) is 0.910.